The van der Waals surface area contributed by atoms with Crippen LogP contribution in [0.3, 0.4) is 0 Å². The van der Waals surface area contributed by atoms with Crippen LogP contribution in [0.15, 0.2) is 48.5 Å². The van der Waals surface area contributed by atoms with Crippen molar-refractivity contribution >= 4 is 47.2 Å². The number of nitrogens with one attached hydrogen (secondary N) is 1. The molecular formula is C18H18Cl2N4O4. The van der Waals surface area contributed by atoms with Gasteiger partial charge in [-0.2, -0.15) is 5.01 Å². The highest BCUT2D eigenvalue weighted by atomic mass is 35.5. The summed E-state index contributed by atoms with van der Waals surface area (Å²) < 4.78 is 0. The van der Waals surface area contributed by atoms with E-state index in [-0.39, 0.29) is 24.4 Å². The fourth-order valence-corrected chi connectivity index (χ4v) is 2.77. The molecule has 0 aliphatic heterocycles. The Kier molecular flexibility index (Phi) is 7.77. The summed E-state index contributed by atoms with van der Waals surface area (Å²) in [5.74, 6) is 3.88. The lowest BCUT2D eigenvalue weighted by atomic mass is 9.98. The number of amides is 4. The summed E-state index contributed by atoms with van der Waals surface area (Å²) in [6.45, 7) is -0.366. The van der Waals surface area contributed by atoms with E-state index < -0.39 is 17.9 Å². The third-order valence-electron chi connectivity index (χ3n) is 3.83. The average molecular weight is 425 g/mol. The molecule has 0 aliphatic carbocycles. The van der Waals surface area contributed by atoms with Crippen molar-refractivity contribution in [1.29, 1.82) is 0 Å². The van der Waals surface area contributed by atoms with E-state index in [2.05, 4.69) is 5.32 Å². The number of urea groups is 1. The van der Waals surface area contributed by atoms with Crippen molar-refractivity contribution in [1.82, 2.24) is 10.1 Å². The smallest absolute Gasteiger partial charge is 0.306 e. The fraction of sp³-hybridized carbons (Fsp3) is 0.167. The monoisotopic (exact) mass is 424 g/mol. The molecule has 0 spiro atoms. The highest BCUT2D eigenvalue weighted by molar-refractivity contribution is 6.42. The number of para-hydroxylation sites is 1. The lowest BCUT2D eigenvalue weighted by molar-refractivity contribution is -0.155. The van der Waals surface area contributed by atoms with Crippen LogP contribution in [0.1, 0.15) is 5.56 Å². The maximum atomic E-state index is 12.7. The average Bonchev–Trinajstić information content (AvgIpc) is 2.69. The molecule has 2 aromatic carbocycles. The summed E-state index contributed by atoms with van der Waals surface area (Å²) in [6.07, 6.45) is 0.215. The van der Waals surface area contributed by atoms with Crippen LogP contribution in [0.2, 0.25) is 10.0 Å². The molecule has 0 heterocycles. The van der Waals surface area contributed by atoms with Gasteiger partial charge in [0.2, 0.25) is 12.3 Å². The minimum atomic E-state index is -1.00. The number of carbonyl (C=O) groups is 3. The number of hydrogen-bond acceptors (Lipinski definition) is 5. The van der Waals surface area contributed by atoms with E-state index in [1.165, 1.54) is 0 Å². The lowest BCUT2D eigenvalue weighted by Crippen LogP contribution is -2.50. The maximum Gasteiger partial charge on any atom is 0.343 e. The van der Waals surface area contributed by atoms with Crippen molar-refractivity contribution in [3.8, 4) is 0 Å². The van der Waals surface area contributed by atoms with Gasteiger partial charge in [-0.05, 0) is 36.2 Å². The molecule has 148 valence electrons. The van der Waals surface area contributed by atoms with Gasteiger partial charge in [0, 0.05) is 5.69 Å². The van der Waals surface area contributed by atoms with Gasteiger partial charge in [-0.25, -0.2) is 15.7 Å². The molecule has 0 aromatic heterocycles. The molecule has 8 nitrogen and oxygen atoms in total. The first-order valence-corrected chi connectivity index (χ1v) is 8.87. The van der Waals surface area contributed by atoms with Crippen LogP contribution >= 0.6 is 23.2 Å². The third kappa shape index (κ3) is 5.93. The summed E-state index contributed by atoms with van der Waals surface area (Å²) in [5, 5.41) is 13.3. The van der Waals surface area contributed by atoms with Gasteiger partial charge in [-0.3, -0.25) is 14.8 Å². The summed E-state index contributed by atoms with van der Waals surface area (Å²) in [4.78, 5) is 35.7. The molecule has 2 rings (SSSR count). The minimum Gasteiger partial charge on any atom is -0.306 e. The van der Waals surface area contributed by atoms with Crippen molar-refractivity contribution in [3.05, 3.63) is 64.1 Å². The van der Waals surface area contributed by atoms with E-state index in [0.717, 1.165) is 0 Å². The number of hydrazine groups is 1. The van der Waals surface area contributed by atoms with Crippen LogP contribution in [0, 0.1) is 5.92 Å². The van der Waals surface area contributed by atoms with Crippen molar-refractivity contribution in [2.45, 2.75) is 6.42 Å². The predicted octanol–water partition coefficient (Wildman–Crippen LogP) is 2.93. The number of carbonyl (C=O) groups excluding carboxylic acids is 3. The number of rotatable bonds is 7. The van der Waals surface area contributed by atoms with E-state index in [1.807, 2.05) is 0 Å². The number of imide groups is 1. The Labute approximate surface area is 171 Å². The number of nitrogens with zero attached hydrogens (tertiary/aromatic N) is 2. The maximum absolute atomic E-state index is 12.7. The molecule has 0 saturated heterocycles. The van der Waals surface area contributed by atoms with Crippen molar-refractivity contribution in [3.63, 3.8) is 0 Å². The van der Waals surface area contributed by atoms with E-state index in [4.69, 9.17) is 29.0 Å². The normalized spacial score (nSPS) is 11.4. The highest BCUT2D eigenvalue weighted by Crippen LogP contribution is 2.24. The molecule has 0 bridgehead atoms. The van der Waals surface area contributed by atoms with Crippen molar-refractivity contribution in [2.24, 2.45) is 11.8 Å². The Hall–Kier alpha value is -2.65. The largest absolute Gasteiger partial charge is 0.343 e. The SMILES string of the molecule is NN(C(=O)Nc1ccccc1)C(=O)C(Cc1ccc(Cl)c(Cl)c1)CN(O)C=O. The number of anilines is 1. The van der Waals surface area contributed by atoms with E-state index in [1.54, 1.807) is 48.5 Å². The molecule has 0 saturated carbocycles. The van der Waals surface area contributed by atoms with Crippen LogP contribution in [0.5, 0.6) is 0 Å². The highest BCUT2D eigenvalue weighted by Gasteiger charge is 2.29. The molecular weight excluding hydrogens is 407 g/mol. The third-order valence-corrected chi connectivity index (χ3v) is 4.56. The topological polar surface area (TPSA) is 116 Å². The van der Waals surface area contributed by atoms with Crippen LogP contribution < -0.4 is 11.2 Å². The summed E-state index contributed by atoms with van der Waals surface area (Å²) in [6, 6.07) is 12.3. The minimum absolute atomic E-state index is 0.0624. The van der Waals surface area contributed by atoms with Gasteiger partial charge in [0.1, 0.15) is 0 Å². The molecule has 0 fully saturated rings. The Balaban J connectivity index is 2.15. The van der Waals surface area contributed by atoms with Crippen LogP contribution in [0.4, 0.5) is 10.5 Å². The van der Waals surface area contributed by atoms with Crippen LogP contribution in [-0.2, 0) is 16.0 Å². The number of nitrogens with two attached hydrogens (primary N) is 1. The second-order valence-corrected chi connectivity index (χ2v) is 6.70. The zero-order valence-corrected chi connectivity index (χ0v) is 16.1. The van der Waals surface area contributed by atoms with Gasteiger partial charge >= 0.3 is 6.03 Å². The van der Waals surface area contributed by atoms with Crippen LogP contribution in [-0.4, -0.2) is 40.2 Å². The number of benzene rings is 2. The zero-order chi connectivity index (χ0) is 20.7. The van der Waals surface area contributed by atoms with Crippen molar-refractivity contribution < 1.29 is 19.6 Å². The van der Waals surface area contributed by atoms with Gasteiger partial charge in [-0.15, -0.1) is 0 Å². The molecule has 4 amide bonds. The standard InChI is InChI=1S/C18H18Cl2N4O4/c19-15-7-6-12(9-16(15)20)8-13(10-23(28)11-25)17(26)24(21)18(27)22-14-4-2-1-3-5-14/h1-7,9,11,13,28H,8,10,21H2,(H,22,27). The summed E-state index contributed by atoms with van der Waals surface area (Å²) >= 11 is 11.9. The Bertz CT molecular complexity index is 851. The number of hydroxylamine groups is 2. The van der Waals surface area contributed by atoms with Gasteiger partial charge in [0.05, 0.1) is 22.5 Å². The van der Waals surface area contributed by atoms with Gasteiger partial charge in [0.15, 0.2) is 0 Å². The van der Waals surface area contributed by atoms with Gasteiger partial charge in [-0.1, -0.05) is 47.5 Å². The second kappa shape index (κ2) is 10.0. The molecule has 10 heteroatoms. The first-order chi connectivity index (χ1) is 13.3. The zero-order valence-electron chi connectivity index (χ0n) is 14.6. The first kappa shape index (κ1) is 21.6. The number of hydrogen-bond donors (Lipinski definition) is 3. The number of halogens is 2. The molecule has 0 radical (unpaired) electrons. The van der Waals surface area contributed by atoms with Gasteiger partial charge < -0.3 is 5.32 Å². The predicted molar refractivity (Wildman–Crippen MR) is 105 cm³/mol. The lowest BCUT2D eigenvalue weighted by Gasteiger charge is -2.24. The molecule has 1 atom stereocenters. The fourth-order valence-electron chi connectivity index (χ4n) is 2.45. The molecule has 2 aromatic rings. The van der Waals surface area contributed by atoms with E-state index in [0.29, 0.717) is 26.3 Å². The van der Waals surface area contributed by atoms with Crippen molar-refractivity contribution in [2.75, 3.05) is 11.9 Å². The molecule has 28 heavy (non-hydrogen) atoms. The summed E-state index contributed by atoms with van der Waals surface area (Å²) in [7, 11) is 0. The van der Waals surface area contributed by atoms with Crippen LogP contribution in [0.25, 0.3) is 0 Å². The Morgan fingerprint density at radius 3 is 2.43 bits per heavy atom. The quantitative estimate of drug-likeness (QED) is 0.207. The van der Waals surface area contributed by atoms with E-state index >= 15 is 0 Å². The van der Waals surface area contributed by atoms with E-state index in [9.17, 15) is 19.6 Å². The molecule has 4 N–H and O–H groups in total. The molecule has 0 aliphatic rings. The second-order valence-electron chi connectivity index (χ2n) is 5.88. The molecule has 1 unspecified atom stereocenters. The first-order valence-electron chi connectivity index (χ1n) is 8.11. The van der Waals surface area contributed by atoms with Gasteiger partial charge in [0.25, 0.3) is 0 Å². The summed E-state index contributed by atoms with van der Waals surface area (Å²) in [5.41, 5.74) is 1.07. The Morgan fingerprint density at radius 2 is 1.82 bits per heavy atom. The Morgan fingerprint density at radius 1 is 1.14 bits per heavy atom.